The molecule has 10 heteroatoms. The first-order valence-corrected chi connectivity index (χ1v) is 8.55. The van der Waals surface area contributed by atoms with Crippen LogP contribution in [0.15, 0.2) is 58.3 Å². The lowest BCUT2D eigenvalue weighted by atomic mass is 10.3. The molecule has 0 bridgehead atoms. The van der Waals surface area contributed by atoms with Crippen LogP contribution >= 0.6 is 0 Å². The van der Waals surface area contributed by atoms with Gasteiger partial charge in [-0.25, -0.2) is 0 Å². The maximum absolute atomic E-state index is 11.2. The van der Waals surface area contributed by atoms with E-state index in [-0.39, 0.29) is 11.5 Å². The van der Waals surface area contributed by atoms with E-state index in [1.54, 1.807) is 0 Å². The van der Waals surface area contributed by atoms with Crippen molar-refractivity contribution in [3.63, 3.8) is 0 Å². The second kappa shape index (κ2) is 5.93. The van der Waals surface area contributed by atoms with Gasteiger partial charge in [-0.3, -0.25) is 18.9 Å². The second-order valence-corrected chi connectivity index (χ2v) is 6.79. The normalized spacial score (nSPS) is 11.9. The quantitative estimate of drug-likeness (QED) is 0.474. The smallest absolute Gasteiger partial charge is 0.288 e. The van der Waals surface area contributed by atoms with E-state index in [9.17, 15) is 16.8 Å². The molecule has 0 aromatic heterocycles. The Balaban J connectivity index is 2.34. The summed E-state index contributed by atoms with van der Waals surface area (Å²) in [6.07, 6.45) is 0. The molecule has 118 valence electrons. The summed E-state index contributed by atoms with van der Waals surface area (Å²) in [5, 5.41) is 0. The average molecular weight is 346 g/mol. The van der Waals surface area contributed by atoms with Crippen LogP contribution in [0, 0.1) is 0 Å². The molecule has 0 aliphatic rings. The number of hydrogen-bond acceptors (Lipinski definition) is 6. The third kappa shape index (κ3) is 3.74. The highest BCUT2D eigenvalue weighted by atomic mass is 32.2. The minimum absolute atomic E-state index is 0.352. The first-order valence-electron chi connectivity index (χ1n) is 5.67. The average Bonchev–Trinajstić information content (AvgIpc) is 2.44. The zero-order valence-electron chi connectivity index (χ0n) is 10.8. The van der Waals surface area contributed by atoms with Gasteiger partial charge in [0.25, 0.3) is 20.2 Å². The lowest BCUT2D eigenvalue weighted by Crippen LogP contribution is -2.09. The molecule has 0 saturated heterocycles. The summed E-state index contributed by atoms with van der Waals surface area (Å²) < 4.78 is 62.8. The molecule has 0 atom stereocenters. The zero-order chi connectivity index (χ0) is 16.4. The highest BCUT2D eigenvalue weighted by molar-refractivity contribution is 7.86. The highest BCUT2D eigenvalue weighted by Gasteiger charge is 2.20. The van der Waals surface area contributed by atoms with E-state index >= 15 is 0 Å². The fraction of sp³-hybridized carbons (Fsp3) is 0. The van der Waals surface area contributed by atoms with Crippen molar-refractivity contribution in [1.82, 2.24) is 0 Å². The largest absolute Gasteiger partial charge is 0.298 e. The molecule has 0 amide bonds. The molecule has 2 N–H and O–H groups in total. The summed E-state index contributed by atoms with van der Waals surface area (Å²) in [5.41, 5.74) is 0. The van der Waals surface area contributed by atoms with Crippen molar-refractivity contribution >= 4 is 20.2 Å². The Bertz CT molecular complexity index is 811. The van der Waals surface area contributed by atoms with Crippen LogP contribution in [-0.4, -0.2) is 25.9 Å². The summed E-state index contributed by atoms with van der Waals surface area (Å²) in [5.74, 6) is -0.703. The molecule has 0 unspecified atom stereocenters. The maximum atomic E-state index is 11.2. The molecule has 22 heavy (non-hydrogen) atoms. The van der Waals surface area contributed by atoms with Crippen LogP contribution in [0.5, 0.6) is 11.5 Å². The van der Waals surface area contributed by atoms with Gasteiger partial charge in [-0.05, 0) is 24.3 Å². The van der Waals surface area contributed by atoms with Crippen molar-refractivity contribution < 1.29 is 35.7 Å². The Morgan fingerprint density at radius 3 is 1.27 bits per heavy atom. The molecule has 2 aromatic carbocycles. The predicted octanol–water partition coefficient (Wildman–Crippen LogP) is 1.55. The fourth-order valence-electron chi connectivity index (χ4n) is 1.55. The van der Waals surface area contributed by atoms with E-state index in [0.29, 0.717) is 0 Å². The van der Waals surface area contributed by atoms with Crippen LogP contribution in [0.3, 0.4) is 0 Å². The fourth-order valence-corrected chi connectivity index (χ4v) is 2.77. The Morgan fingerprint density at radius 2 is 0.955 bits per heavy atom. The summed E-state index contributed by atoms with van der Waals surface area (Å²) in [6.45, 7) is 0. The van der Waals surface area contributed by atoms with Gasteiger partial charge in [0.2, 0.25) is 0 Å². The van der Waals surface area contributed by atoms with Crippen molar-refractivity contribution in [3.05, 3.63) is 48.5 Å². The summed E-state index contributed by atoms with van der Waals surface area (Å²) >= 11 is 0. The van der Waals surface area contributed by atoms with Crippen molar-refractivity contribution in [1.29, 1.82) is 0 Å². The Kier molecular flexibility index (Phi) is 4.37. The Labute approximate surface area is 126 Å². The summed E-state index contributed by atoms with van der Waals surface area (Å²) in [6, 6.07) is 10.1. The van der Waals surface area contributed by atoms with Gasteiger partial charge in [0.1, 0.15) is 9.79 Å². The van der Waals surface area contributed by atoms with Crippen molar-refractivity contribution in [3.8, 4) is 11.5 Å². The van der Waals surface area contributed by atoms with Crippen LogP contribution < -0.4 is 9.78 Å². The van der Waals surface area contributed by atoms with Gasteiger partial charge in [-0.15, -0.1) is 0 Å². The van der Waals surface area contributed by atoms with Crippen LogP contribution in [0.25, 0.3) is 0 Å². The van der Waals surface area contributed by atoms with Gasteiger partial charge in [0.15, 0.2) is 11.5 Å². The van der Waals surface area contributed by atoms with E-state index in [2.05, 4.69) is 0 Å². The van der Waals surface area contributed by atoms with Gasteiger partial charge in [-0.1, -0.05) is 24.3 Å². The maximum Gasteiger partial charge on any atom is 0.298 e. The molecule has 0 heterocycles. The van der Waals surface area contributed by atoms with E-state index < -0.39 is 30.0 Å². The van der Waals surface area contributed by atoms with E-state index in [4.69, 9.17) is 18.9 Å². The number of rotatable bonds is 5. The van der Waals surface area contributed by atoms with Crippen molar-refractivity contribution in [2.24, 2.45) is 0 Å². The van der Waals surface area contributed by atoms with Crippen molar-refractivity contribution in [2.75, 3.05) is 0 Å². The monoisotopic (exact) mass is 346 g/mol. The van der Waals surface area contributed by atoms with Gasteiger partial charge < -0.3 is 0 Å². The Morgan fingerprint density at radius 1 is 0.636 bits per heavy atom. The molecule has 0 radical (unpaired) electrons. The Hall–Kier alpha value is -2.14. The molecule has 2 rings (SSSR count). The van der Waals surface area contributed by atoms with E-state index in [1.165, 1.54) is 36.4 Å². The van der Waals surface area contributed by atoms with Gasteiger partial charge in [0.05, 0.1) is 0 Å². The highest BCUT2D eigenvalue weighted by Crippen LogP contribution is 2.27. The zero-order valence-corrected chi connectivity index (χ0v) is 12.4. The first-order chi connectivity index (χ1) is 10.2. The minimum atomic E-state index is -4.55. The number of benzene rings is 2. The lowest BCUT2D eigenvalue weighted by Gasteiger charge is -2.10. The molecule has 8 nitrogen and oxygen atoms in total. The van der Waals surface area contributed by atoms with Crippen LogP contribution in [0.1, 0.15) is 0 Å². The second-order valence-electron chi connectivity index (χ2n) is 4.01. The number of hydrogen-bond donors (Lipinski definition) is 2. The molecule has 0 fully saturated rings. The third-order valence-electron chi connectivity index (χ3n) is 2.48. The molecule has 0 aliphatic heterocycles. The molecule has 0 spiro atoms. The van der Waals surface area contributed by atoms with Gasteiger partial charge >= 0.3 is 0 Å². The topological polar surface area (TPSA) is 127 Å². The molecular formula is C12H10O8S2. The van der Waals surface area contributed by atoms with Crippen LogP contribution in [0.4, 0.5) is 0 Å². The standard InChI is InChI=1S/C12H10O8S2/c13-21(14,15)11-7-3-1-5-9(11)19-20-10-6-2-4-8-12(10)22(16,17)18/h1-8H,(H,13,14,15)(H,16,17,18). The molecule has 2 aromatic rings. The summed E-state index contributed by atoms with van der Waals surface area (Å²) in [4.78, 5) is 8.43. The molecule has 0 aliphatic carbocycles. The summed E-state index contributed by atoms with van der Waals surface area (Å²) in [7, 11) is -9.10. The number of para-hydroxylation sites is 2. The van der Waals surface area contributed by atoms with Gasteiger partial charge in [-0.2, -0.15) is 16.8 Å². The lowest BCUT2D eigenvalue weighted by molar-refractivity contribution is -0.105. The molecular weight excluding hydrogens is 336 g/mol. The SMILES string of the molecule is O=S(=O)(O)c1ccccc1OOc1ccccc1S(=O)(=O)O. The van der Waals surface area contributed by atoms with Gasteiger partial charge in [0, 0.05) is 0 Å². The minimum Gasteiger partial charge on any atom is -0.288 e. The first kappa shape index (κ1) is 16.2. The van der Waals surface area contributed by atoms with E-state index in [1.807, 2.05) is 0 Å². The van der Waals surface area contributed by atoms with Crippen molar-refractivity contribution in [2.45, 2.75) is 9.79 Å². The van der Waals surface area contributed by atoms with Crippen LogP contribution in [-0.2, 0) is 20.2 Å². The predicted molar refractivity (Wildman–Crippen MR) is 73.8 cm³/mol. The molecule has 0 saturated carbocycles. The van der Waals surface area contributed by atoms with E-state index in [0.717, 1.165) is 12.1 Å². The third-order valence-corrected chi connectivity index (χ3v) is 4.26. The van der Waals surface area contributed by atoms with Crippen LogP contribution in [0.2, 0.25) is 0 Å².